The van der Waals surface area contributed by atoms with Crippen molar-refractivity contribution in [3.05, 3.63) is 0 Å². The van der Waals surface area contributed by atoms with Crippen LogP contribution < -0.4 is 5.32 Å². The average molecular weight is 83.1 g/mol. The van der Waals surface area contributed by atoms with E-state index in [-0.39, 0.29) is 0 Å². The van der Waals surface area contributed by atoms with Gasteiger partial charge in [0.05, 0.1) is 0 Å². The van der Waals surface area contributed by atoms with Crippen LogP contribution in [-0.2, 0) is 0 Å². The molecule has 34 valence electrons. The number of piperidine rings is 1. The van der Waals surface area contributed by atoms with Crippen LogP contribution in [0.5, 0.6) is 0 Å². The van der Waals surface area contributed by atoms with E-state index in [4.69, 9.17) is 0 Å². The smallest absolute Gasteiger partial charge is 0.00172 e. The van der Waals surface area contributed by atoms with Gasteiger partial charge in [-0.2, -0.15) is 0 Å². The summed E-state index contributed by atoms with van der Waals surface area (Å²) in [5.74, 6) is 2.20. The molecular weight excluding hydrogens is 74.1 g/mol. The predicted molar refractivity (Wildman–Crippen MR) is 24.5 cm³/mol. The van der Waals surface area contributed by atoms with Gasteiger partial charge in [-0.1, -0.05) is 0 Å². The molecule has 1 N–H and O–H groups in total. The summed E-state index contributed by atoms with van der Waals surface area (Å²) in [6, 6.07) is 0. The van der Waals surface area contributed by atoms with Crippen molar-refractivity contribution < 1.29 is 0 Å². The van der Waals surface area contributed by atoms with Crippen molar-refractivity contribution in [1.29, 1.82) is 0 Å². The fourth-order valence-electron chi connectivity index (χ4n) is 1.26. The zero-order valence-electron chi connectivity index (χ0n) is 3.78. The standard InChI is InChI=1S/C5H9N/c1-4-2-6-3-5(1)4/h4-6H,1-3H2/t4-,5-/m1/s1. The second kappa shape index (κ2) is 0.784. The van der Waals surface area contributed by atoms with Gasteiger partial charge >= 0.3 is 0 Å². The summed E-state index contributed by atoms with van der Waals surface area (Å²) in [4.78, 5) is 0. The molecule has 0 unspecified atom stereocenters. The van der Waals surface area contributed by atoms with E-state index in [9.17, 15) is 0 Å². The molecule has 0 amide bonds. The molecule has 1 heteroatoms. The lowest BCUT2D eigenvalue weighted by atomic mass is 10.4. The minimum atomic E-state index is 1.10. The summed E-state index contributed by atoms with van der Waals surface area (Å²) >= 11 is 0. The Morgan fingerprint density at radius 2 is 1.83 bits per heavy atom. The first-order valence-electron chi connectivity index (χ1n) is 2.67. The molecule has 2 rings (SSSR count). The van der Waals surface area contributed by atoms with Gasteiger partial charge in [-0.05, 0) is 31.3 Å². The minimum absolute atomic E-state index is 1.10. The summed E-state index contributed by atoms with van der Waals surface area (Å²) in [6.07, 6.45) is 1.52. The van der Waals surface area contributed by atoms with Crippen LogP contribution in [0.15, 0.2) is 0 Å². The van der Waals surface area contributed by atoms with E-state index >= 15 is 0 Å². The quantitative estimate of drug-likeness (QED) is 0.442. The Morgan fingerprint density at radius 1 is 1.17 bits per heavy atom. The molecule has 1 saturated carbocycles. The molecule has 2 aliphatic rings. The van der Waals surface area contributed by atoms with E-state index in [0.29, 0.717) is 0 Å². The Balaban J connectivity index is 2.09. The van der Waals surface area contributed by atoms with Gasteiger partial charge in [-0.25, -0.2) is 0 Å². The van der Waals surface area contributed by atoms with E-state index in [1.807, 2.05) is 0 Å². The molecule has 6 heavy (non-hydrogen) atoms. The molecule has 1 aliphatic heterocycles. The fourth-order valence-corrected chi connectivity index (χ4v) is 1.26. The van der Waals surface area contributed by atoms with Gasteiger partial charge in [0.15, 0.2) is 0 Å². The largest absolute Gasteiger partial charge is 0.316 e. The summed E-state index contributed by atoms with van der Waals surface area (Å²) in [6.45, 7) is 2.62. The third-order valence-electron chi connectivity index (χ3n) is 1.88. The zero-order chi connectivity index (χ0) is 3.98. The second-order valence-corrected chi connectivity index (χ2v) is 2.41. The lowest BCUT2D eigenvalue weighted by Crippen LogP contribution is -2.10. The Hall–Kier alpha value is -0.0400. The van der Waals surface area contributed by atoms with Crippen molar-refractivity contribution in [2.24, 2.45) is 11.8 Å². The number of nitrogens with one attached hydrogen (secondary N) is 1. The molecule has 1 heterocycles. The van der Waals surface area contributed by atoms with Crippen LogP contribution in [0, 0.1) is 11.8 Å². The van der Waals surface area contributed by atoms with Crippen molar-refractivity contribution in [1.82, 2.24) is 5.32 Å². The highest BCUT2D eigenvalue weighted by Crippen LogP contribution is 2.40. The zero-order valence-corrected chi connectivity index (χ0v) is 3.78. The molecule has 0 aromatic heterocycles. The Bertz CT molecular complexity index is 62.3. The molecule has 0 bridgehead atoms. The van der Waals surface area contributed by atoms with Gasteiger partial charge in [-0.3, -0.25) is 0 Å². The van der Waals surface area contributed by atoms with E-state index in [2.05, 4.69) is 5.32 Å². The Morgan fingerprint density at radius 3 is 2.00 bits per heavy atom. The van der Waals surface area contributed by atoms with Crippen LogP contribution in [0.25, 0.3) is 0 Å². The second-order valence-electron chi connectivity index (χ2n) is 2.41. The first kappa shape index (κ1) is 3.03. The van der Waals surface area contributed by atoms with Crippen LogP contribution in [0.3, 0.4) is 0 Å². The maximum absolute atomic E-state index is 3.32. The maximum atomic E-state index is 3.32. The molecule has 0 aromatic rings. The minimum Gasteiger partial charge on any atom is -0.316 e. The SMILES string of the molecule is C1NC[C@H]2C[C@H]12. The van der Waals surface area contributed by atoms with Crippen molar-refractivity contribution >= 4 is 0 Å². The number of rotatable bonds is 0. The molecule has 2 atom stereocenters. The summed E-state index contributed by atoms with van der Waals surface area (Å²) < 4.78 is 0. The van der Waals surface area contributed by atoms with Crippen molar-refractivity contribution in [3.63, 3.8) is 0 Å². The first-order chi connectivity index (χ1) is 2.97. The van der Waals surface area contributed by atoms with Crippen LogP contribution in [0.1, 0.15) is 6.42 Å². The number of hydrogen-bond donors (Lipinski definition) is 1. The van der Waals surface area contributed by atoms with Gasteiger partial charge in [-0.15, -0.1) is 0 Å². The molecule has 1 aliphatic carbocycles. The lowest BCUT2D eigenvalue weighted by molar-refractivity contribution is 0.732. The van der Waals surface area contributed by atoms with Gasteiger partial charge in [0, 0.05) is 0 Å². The van der Waals surface area contributed by atoms with Crippen molar-refractivity contribution in [3.8, 4) is 0 Å². The van der Waals surface area contributed by atoms with Crippen LogP contribution in [-0.4, -0.2) is 13.1 Å². The highest BCUT2D eigenvalue weighted by Gasteiger charge is 2.40. The number of fused-ring (bicyclic) bond motifs is 1. The number of hydrogen-bond acceptors (Lipinski definition) is 1. The third-order valence-corrected chi connectivity index (χ3v) is 1.88. The lowest BCUT2D eigenvalue weighted by Gasteiger charge is -1.87. The third kappa shape index (κ3) is 0.243. The molecule has 0 spiro atoms. The molecule has 0 aromatic carbocycles. The summed E-state index contributed by atoms with van der Waals surface area (Å²) in [7, 11) is 0. The molecule has 1 nitrogen and oxygen atoms in total. The fraction of sp³-hybridized carbons (Fsp3) is 1.00. The van der Waals surface area contributed by atoms with E-state index in [1.165, 1.54) is 19.5 Å². The van der Waals surface area contributed by atoms with E-state index < -0.39 is 0 Å². The molecule has 1 saturated heterocycles. The monoisotopic (exact) mass is 83.1 g/mol. The van der Waals surface area contributed by atoms with E-state index in [1.54, 1.807) is 0 Å². The highest BCUT2D eigenvalue weighted by atomic mass is 14.9. The summed E-state index contributed by atoms with van der Waals surface area (Å²) in [5, 5.41) is 3.32. The van der Waals surface area contributed by atoms with Crippen molar-refractivity contribution in [2.45, 2.75) is 6.42 Å². The maximum Gasteiger partial charge on any atom is -0.00172 e. The molecule has 2 fully saturated rings. The summed E-state index contributed by atoms with van der Waals surface area (Å²) in [5.41, 5.74) is 0. The topological polar surface area (TPSA) is 12.0 Å². The van der Waals surface area contributed by atoms with Gasteiger partial charge in [0.1, 0.15) is 0 Å². The van der Waals surface area contributed by atoms with Crippen LogP contribution in [0.4, 0.5) is 0 Å². The first-order valence-corrected chi connectivity index (χ1v) is 2.67. The van der Waals surface area contributed by atoms with Crippen LogP contribution in [0.2, 0.25) is 0 Å². The van der Waals surface area contributed by atoms with E-state index in [0.717, 1.165) is 11.8 Å². The van der Waals surface area contributed by atoms with Gasteiger partial charge < -0.3 is 5.32 Å². The molecular formula is C5H9N. The average Bonchev–Trinajstić information content (AvgIpc) is 2.17. The predicted octanol–water partition coefficient (Wildman–Crippen LogP) is 0.226. The Kier molecular flexibility index (Phi) is 0.396. The van der Waals surface area contributed by atoms with Crippen molar-refractivity contribution in [2.75, 3.05) is 13.1 Å². The highest BCUT2D eigenvalue weighted by molar-refractivity contribution is 4.94. The van der Waals surface area contributed by atoms with Gasteiger partial charge in [0.25, 0.3) is 0 Å². The Labute approximate surface area is 37.7 Å². The van der Waals surface area contributed by atoms with Crippen LogP contribution >= 0.6 is 0 Å². The molecule has 0 radical (unpaired) electrons. The normalized spacial score (nSPS) is 52.0. The van der Waals surface area contributed by atoms with Gasteiger partial charge in [0.2, 0.25) is 0 Å².